The van der Waals surface area contributed by atoms with Crippen molar-refractivity contribution in [1.29, 1.82) is 0 Å². The molecule has 0 saturated carbocycles. The minimum Gasteiger partial charge on any atom is -0.370 e. The Morgan fingerprint density at radius 1 is 1.38 bits per heavy atom. The molecule has 24 heavy (non-hydrogen) atoms. The molecule has 3 unspecified atom stereocenters. The summed E-state index contributed by atoms with van der Waals surface area (Å²) in [7, 11) is 0. The van der Waals surface area contributed by atoms with E-state index in [1.54, 1.807) is 0 Å². The van der Waals surface area contributed by atoms with Crippen molar-refractivity contribution in [3.63, 3.8) is 0 Å². The maximum atomic E-state index is 12.7. The van der Waals surface area contributed by atoms with Gasteiger partial charge in [-0.05, 0) is 63.7 Å². The number of rotatable bonds is 4. The van der Waals surface area contributed by atoms with E-state index in [4.69, 9.17) is 4.74 Å². The number of aryl methyl sites for hydroxylation is 2. The lowest BCUT2D eigenvalue weighted by molar-refractivity contribution is -0.144. The van der Waals surface area contributed by atoms with Crippen LogP contribution in [0.4, 0.5) is 0 Å². The van der Waals surface area contributed by atoms with Gasteiger partial charge in [0.05, 0.1) is 19.2 Å². The summed E-state index contributed by atoms with van der Waals surface area (Å²) in [6.07, 6.45) is 2.87. The van der Waals surface area contributed by atoms with Crippen LogP contribution in [0.3, 0.4) is 0 Å². The predicted octanol–water partition coefficient (Wildman–Crippen LogP) is 2.98. The van der Waals surface area contributed by atoms with Gasteiger partial charge >= 0.3 is 0 Å². The van der Waals surface area contributed by atoms with E-state index >= 15 is 0 Å². The summed E-state index contributed by atoms with van der Waals surface area (Å²) in [6, 6.07) is 6.64. The Morgan fingerprint density at radius 2 is 2.21 bits per heavy atom. The molecule has 2 saturated heterocycles. The molecule has 0 radical (unpaired) electrons. The zero-order valence-electron chi connectivity index (χ0n) is 15.2. The molecule has 0 aromatic heterocycles. The minimum atomic E-state index is -0.00167. The molecule has 3 atom stereocenters. The van der Waals surface area contributed by atoms with Gasteiger partial charge in [0.25, 0.3) is 0 Å². The monoisotopic (exact) mass is 330 g/mol. The van der Waals surface area contributed by atoms with Crippen molar-refractivity contribution in [2.75, 3.05) is 26.2 Å². The largest absolute Gasteiger partial charge is 0.370 e. The third-order valence-electron chi connectivity index (χ3n) is 5.46. The van der Waals surface area contributed by atoms with Crippen LogP contribution in [0.2, 0.25) is 0 Å². The fourth-order valence-corrected chi connectivity index (χ4v) is 3.83. The number of benzene rings is 1. The number of morpholine rings is 1. The van der Waals surface area contributed by atoms with E-state index in [2.05, 4.69) is 44.3 Å². The van der Waals surface area contributed by atoms with Gasteiger partial charge in [-0.2, -0.15) is 0 Å². The first-order chi connectivity index (χ1) is 11.5. The first-order valence-corrected chi connectivity index (χ1v) is 9.23. The van der Waals surface area contributed by atoms with Crippen LogP contribution in [0.1, 0.15) is 49.0 Å². The summed E-state index contributed by atoms with van der Waals surface area (Å²) in [6.45, 7) is 9.78. The van der Waals surface area contributed by atoms with Gasteiger partial charge in [-0.25, -0.2) is 0 Å². The quantitative estimate of drug-likeness (QED) is 0.923. The van der Waals surface area contributed by atoms with Crippen molar-refractivity contribution in [2.24, 2.45) is 5.92 Å². The lowest BCUT2D eigenvalue weighted by Crippen LogP contribution is -2.48. The smallest absolute Gasteiger partial charge is 0.222 e. The van der Waals surface area contributed by atoms with Crippen LogP contribution in [0.25, 0.3) is 0 Å². The summed E-state index contributed by atoms with van der Waals surface area (Å²) in [5.74, 6) is 0.952. The molecule has 1 N–H and O–H groups in total. The molecule has 132 valence electrons. The Bertz CT molecular complexity index is 581. The van der Waals surface area contributed by atoms with Gasteiger partial charge in [-0.15, -0.1) is 0 Å². The summed E-state index contributed by atoms with van der Waals surface area (Å²) < 4.78 is 6.07. The van der Waals surface area contributed by atoms with E-state index in [1.165, 1.54) is 23.1 Å². The Morgan fingerprint density at radius 3 is 2.96 bits per heavy atom. The van der Waals surface area contributed by atoms with Crippen LogP contribution >= 0.6 is 0 Å². The Balaban J connectivity index is 1.64. The second kappa shape index (κ2) is 7.66. The van der Waals surface area contributed by atoms with Crippen LogP contribution in [0, 0.1) is 19.8 Å². The highest BCUT2D eigenvalue weighted by molar-refractivity contribution is 5.76. The number of nitrogens with zero attached hydrogens (tertiary/aromatic N) is 1. The molecule has 1 amide bonds. The molecule has 3 rings (SSSR count). The number of hydrogen-bond acceptors (Lipinski definition) is 3. The molecule has 0 spiro atoms. The van der Waals surface area contributed by atoms with Crippen molar-refractivity contribution in [1.82, 2.24) is 10.2 Å². The molecular weight excluding hydrogens is 300 g/mol. The Labute approximate surface area is 145 Å². The van der Waals surface area contributed by atoms with Gasteiger partial charge in [-0.1, -0.05) is 23.8 Å². The van der Waals surface area contributed by atoms with E-state index in [9.17, 15) is 4.79 Å². The van der Waals surface area contributed by atoms with Crippen molar-refractivity contribution in [3.05, 3.63) is 34.9 Å². The molecule has 4 nitrogen and oxygen atoms in total. The van der Waals surface area contributed by atoms with Crippen molar-refractivity contribution < 1.29 is 9.53 Å². The summed E-state index contributed by atoms with van der Waals surface area (Å²) >= 11 is 0. The summed E-state index contributed by atoms with van der Waals surface area (Å²) in [5.41, 5.74) is 3.70. The minimum absolute atomic E-state index is 0.00167. The molecule has 2 heterocycles. The molecule has 0 aliphatic carbocycles. The molecule has 1 aromatic carbocycles. The molecule has 0 bridgehead atoms. The standard InChI is InChI=1S/C20H30N2O2/c1-14-4-5-15(2)18(10-14)19-12-22(16(3)13-24-19)20(23)7-6-17-8-9-21-11-17/h4-5,10,16-17,19,21H,6-9,11-13H2,1-3H3. The fraction of sp³-hybridized carbons (Fsp3) is 0.650. The van der Waals surface area contributed by atoms with Crippen molar-refractivity contribution in [3.8, 4) is 0 Å². The van der Waals surface area contributed by atoms with Gasteiger partial charge in [0, 0.05) is 6.42 Å². The van der Waals surface area contributed by atoms with Gasteiger partial charge in [0.2, 0.25) is 5.91 Å². The average molecular weight is 330 g/mol. The van der Waals surface area contributed by atoms with E-state index in [0.29, 0.717) is 25.5 Å². The van der Waals surface area contributed by atoms with Crippen molar-refractivity contribution in [2.45, 2.75) is 52.2 Å². The van der Waals surface area contributed by atoms with E-state index in [0.717, 1.165) is 19.5 Å². The average Bonchev–Trinajstić information content (AvgIpc) is 3.09. The lowest BCUT2D eigenvalue weighted by atomic mass is 9.98. The van der Waals surface area contributed by atoms with Crippen LogP contribution in [0.5, 0.6) is 0 Å². The van der Waals surface area contributed by atoms with E-state index in [-0.39, 0.29) is 18.1 Å². The first-order valence-electron chi connectivity index (χ1n) is 9.23. The second-order valence-corrected chi connectivity index (χ2v) is 7.47. The molecule has 4 heteroatoms. The van der Waals surface area contributed by atoms with Gasteiger partial charge in [0.15, 0.2) is 0 Å². The third kappa shape index (κ3) is 3.98. The molecule has 2 fully saturated rings. The Hall–Kier alpha value is -1.39. The molecule has 2 aliphatic heterocycles. The number of amides is 1. The highest BCUT2D eigenvalue weighted by Gasteiger charge is 2.31. The highest BCUT2D eigenvalue weighted by Crippen LogP contribution is 2.29. The normalized spacial score (nSPS) is 27.5. The van der Waals surface area contributed by atoms with Crippen LogP contribution in [0.15, 0.2) is 18.2 Å². The van der Waals surface area contributed by atoms with Gasteiger partial charge < -0.3 is 15.0 Å². The van der Waals surface area contributed by atoms with Crippen LogP contribution in [-0.4, -0.2) is 43.1 Å². The number of ether oxygens (including phenoxy) is 1. The highest BCUT2D eigenvalue weighted by atomic mass is 16.5. The van der Waals surface area contributed by atoms with Gasteiger partial charge in [-0.3, -0.25) is 4.79 Å². The fourth-order valence-electron chi connectivity index (χ4n) is 3.83. The Kier molecular flexibility index (Phi) is 5.57. The zero-order valence-corrected chi connectivity index (χ0v) is 15.2. The number of nitrogens with one attached hydrogen (secondary N) is 1. The van der Waals surface area contributed by atoms with E-state index < -0.39 is 0 Å². The number of hydrogen-bond donors (Lipinski definition) is 1. The maximum absolute atomic E-state index is 12.7. The second-order valence-electron chi connectivity index (χ2n) is 7.47. The van der Waals surface area contributed by atoms with Crippen molar-refractivity contribution >= 4 is 5.91 Å². The van der Waals surface area contributed by atoms with Gasteiger partial charge in [0.1, 0.15) is 6.10 Å². The van der Waals surface area contributed by atoms with E-state index in [1.807, 2.05) is 4.90 Å². The van der Waals surface area contributed by atoms with Crippen LogP contribution in [-0.2, 0) is 9.53 Å². The third-order valence-corrected chi connectivity index (χ3v) is 5.46. The number of carbonyl (C=O) groups excluding carboxylic acids is 1. The SMILES string of the molecule is Cc1ccc(C)c(C2CN(C(=O)CCC3CCNC3)C(C)CO2)c1. The molecule has 1 aromatic rings. The zero-order chi connectivity index (χ0) is 17.1. The molecular formula is C20H30N2O2. The molecule has 2 aliphatic rings. The maximum Gasteiger partial charge on any atom is 0.222 e. The summed E-state index contributed by atoms with van der Waals surface area (Å²) in [4.78, 5) is 14.8. The first kappa shape index (κ1) is 17.4. The predicted molar refractivity (Wildman–Crippen MR) is 96.0 cm³/mol. The topological polar surface area (TPSA) is 41.6 Å². The summed E-state index contributed by atoms with van der Waals surface area (Å²) in [5, 5.41) is 3.38. The lowest BCUT2D eigenvalue weighted by Gasteiger charge is -2.39. The number of carbonyl (C=O) groups is 1. The van der Waals surface area contributed by atoms with Crippen LogP contribution < -0.4 is 5.32 Å².